The fourth-order valence-electron chi connectivity index (χ4n) is 2.00. The van der Waals surface area contributed by atoms with Gasteiger partial charge in [0.2, 0.25) is 0 Å². The highest BCUT2D eigenvalue weighted by atomic mass is 32.1. The zero-order chi connectivity index (χ0) is 14.8. The molecule has 1 aromatic heterocycles. The fourth-order valence-corrected chi connectivity index (χ4v) is 2.65. The van der Waals surface area contributed by atoms with Crippen LogP contribution in [0.3, 0.4) is 0 Å². The summed E-state index contributed by atoms with van der Waals surface area (Å²) in [5, 5.41) is 14.7. The minimum absolute atomic E-state index is 0.139. The Morgan fingerprint density at radius 2 is 2.05 bits per heavy atom. The van der Waals surface area contributed by atoms with E-state index in [9.17, 15) is 13.9 Å². The molecule has 1 aromatic carbocycles. The van der Waals surface area contributed by atoms with Gasteiger partial charge in [-0.15, -0.1) is 11.3 Å². The summed E-state index contributed by atoms with van der Waals surface area (Å²) in [6.45, 7) is 3.34. The molecule has 0 radical (unpaired) electrons. The van der Waals surface area contributed by atoms with Gasteiger partial charge >= 0.3 is 0 Å². The zero-order valence-corrected chi connectivity index (χ0v) is 12.2. The fraction of sp³-hybridized carbons (Fsp3) is 0.333. The van der Waals surface area contributed by atoms with Crippen molar-refractivity contribution in [3.05, 3.63) is 57.3 Å². The number of aryl methyl sites for hydroxylation is 1. The van der Waals surface area contributed by atoms with Gasteiger partial charge in [-0.05, 0) is 43.0 Å². The predicted molar refractivity (Wildman–Crippen MR) is 76.7 cm³/mol. The van der Waals surface area contributed by atoms with Gasteiger partial charge in [0, 0.05) is 17.0 Å². The number of thiophene rings is 1. The van der Waals surface area contributed by atoms with Crippen LogP contribution in [0.4, 0.5) is 8.78 Å². The summed E-state index contributed by atoms with van der Waals surface area (Å²) >= 11 is 1.57. The summed E-state index contributed by atoms with van der Waals surface area (Å²) in [5.41, 5.74) is -0.632. The van der Waals surface area contributed by atoms with Gasteiger partial charge in [-0.25, -0.2) is 8.78 Å². The van der Waals surface area contributed by atoms with Crippen LogP contribution in [0.2, 0.25) is 0 Å². The maximum absolute atomic E-state index is 14.1. The average Bonchev–Trinajstić information content (AvgIpc) is 2.93. The average molecular weight is 297 g/mol. The van der Waals surface area contributed by atoms with E-state index in [-0.39, 0.29) is 17.7 Å². The number of aliphatic hydroxyl groups excluding tert-OH is 1. The molecular weight excluding hydrogens is 280 g/mol. The van der Waals surface area contributed by atoms with Gasteiger partial charge in [0.15, 0.2) is 0 Å². The first-order valence-corrected chi connectivity index (χ1v) is 7.18. The van der Waals surface area contributed by atoms with Gasteiger partial charge < -0.3 is 10.4 Å². The van der Waals surface area contributed by atoms with Crippen molar-refractivity contribution in [3.63, 3.8) is 0 Å². The standard InChI is InChI=1S/C15H17F2NOS/c1-10-6-14(17)12(7-13(10)16)15(2,9-19)18-8-11-4-3-5-20-11/h3-7,18-19H,8-9H2,1-2H3. The second-order valence-corrected chi connectivity index (χ2v) is 6.04. The molecule has 2 aromatic rings. The monoisotopic (exact) mass is 297 g/mol. The first kappa shape index (κ1) is 15.1. The molecule has 1 heterocycles. The van der Waals surface area contributed by atoms with Crippen LogP contribution in [0.15, 0.2) is 29.6 Å². The number of rotatable bonds is 5. The van der Waals surface area contributed by atoms with Crippen molar-refractivity contribution >= 4 is 11.3 Å². The van der Waals surface area contributed by atoms with E-state index < -0.39 is 17.2 Å². The lowest BCUT2D eigenvalue weighted by Crippen LogP contribution is -2.43. The lowest BCUT2D eigenvalue weighted by atomic mass is 9.91. The van der Waals surface area contributed by atoms with E-state index in [0.29, 0.717) is 6.54 Å². The summed E-state index contributed by atoms with van der Waals surface area (Å²) in [5.74, 6) is -0.988. The van der Waals surface area contributed by atoms with Crippen LogP contribution in [0.25, 0.3) is 0 Å². The smallest absolute Gasteiger partial charge is 0.128 e. The Kier molecular flexibility index (Phi) is 4.52. The highest BCUT2D eigenvalue weighted by Gasteiger charge is 2.29. The SMILES string of the molecule is Cc1cc(F)c(C(C)(CO)NCc2cccs2)cc1F. The third kappa shape index (κ3) is 3.06. The van der Waals surface area contributed by atoms with Crippen LogP contribution in [0.5, 0.6) is 0 Å². The Labute approximate surface area is 121 Å². The number of hydrogen-bond acceptors (Lipinski definition) is 3. The van der Waals surface area contributed by atoms with Gasteiger partial charge in [0.1, 0.15) is 11.6 Å². The van der Waals surface area contributed by atoms with E-state index in [2.05, 4.69) is 5.32 Å². The summed E-state index contributed by atoms with van der Waals surface area (Å²) in [6.07, 6.45) is 0. The Bertz CT molecular complexity index is 586. The maximum Gasteiger partial charge on any atom is 0.128 e. The van der Waals surface area contributed by atoms with Crippen molar-refractivity contribution in [2.24, 2.45) is 0 Å². The number of aliphatic hydroxyl groups is 1. The Morgan fingerprint density at radius 1 is 1.30 bits per heavy atom. The highest BCUT2D eigenvalue weighted by molar-refractivity contribution is 7.09. The molecule has 2 N–H and O–H groups in total. The molecular formula is C15H17F2NOS. The van der Waals surface area contributed by atoms with Crippen LogP contribution in [-0.2, 0) is 12.1 Å². The van der Waals surface area contributed by atoms with Crippen molar-refractivity contribution in [1.29, 1.82) is 0 Å². The van der Waals surface area contributed by atoms with Gasteiger partial charge in [0.25, 0.3) is 0 Å². The number of benzene rings is 1. The summed E-state index contributed by atoms with van der Waals surface area (Å²) in [6, 6.07) is 6.18. The molecule has 1 atom stereocenters. The highest BCUT2D eigenvalue weighted by Crippen LogP contribution is 2.26. The normalized spacial score (nSPS) is 14.2. The van der Waals surface area contributed by atoms with Crippen LogP contribution in [0.1, 0.15) is 22.9 Å². The lowest BCUT2D eigenvalue weighted by molar-refractivity contribution is 0.169. The van der Waals surface area contributed by atoms with Crippen LogP contribution < -0.4 is 5.32 Å². The Morgan fingerprint density at radius 3 is 2.65 bits per heavy atom. The maximum atomic E-state index is 14.1. The Balaban J connectivity index is 2.27. The van der Waals surface area contributed by atoms with Gasteiger partial charge in [-0.1, -0.05) is 6.07 Å². The molecule has 0 saturated heterocycles. The van der Waals surface area contributed by atoms with E-state index in [4.69, 9.17) is 0 Å². The van der Waals surface area contributed by atoms with E-state index in [1.807, 2.05) is 17.5 Å². The van der Waals surface area contributed by atoms with E-state index >= 15 is 0 Å². The zero-order valence-electron chi connectivity index (χ0n) is 11.4. The third-order valence-electron chi connectivity index (χ3n) is 3.39. The van der Waals surface area contributed by atoms with Crippen molar-refractivity contribution in [2.75, 3.05) is 6.61 Å². The summed E-state index contributed by atoms with van der Waals surface area (Å²) < 4.78 is 27.7. The minimum Gasteiger partial charge on any atom is -0.394 e. The molecule has 20 heavy (non-hydrogen) atoms. The van der Waals surface area contributed by atoms with E-state index in [1.54, 1.807) is 18.3 Å². The molecule has 0 aliphatic carbocycles. The van der Waals surface area contributed by atoms with Gasteiger partial charge in [-0.2, -0.15) is 0 Å². The topological polar surface area (TPSA) is 32.3 Å². The molecule has 0 spiro atoms. The van der Waals surface area contributed by atoms with E-state index in [0.717, 1.165) is 17.0 Å². The van der Waals surface area contributed by atoms with Crippen molar-refractivity contribution in [3.8, 4) is 0 Å². The second-order valence-electron chi connectivity index (χ2n) is 5.00. The number of nitrogens with one attached hydrogen (secondary N) is 1. The predicted octanol–water partition coefficient (Wildman–Crippen LogP) is 3.33. The van der Waals surface area contributed by atoms with Crippen molar-refractivity contribution in [2.45, 2.75) is 25.9 Å². The molecule has 2 nitrogen and oxygen atoms in total. The molecule has 108 valence electrons. The van der Waals surface area contributed by atoms with Crippen LogP contribution >= 0.6 is 11.3 Å². The molecule has 1 unspecified atom stereocenters. The van der Waals surface area contributed by atoms with Crippen LogP contribution in [0, 0.1) is 18.6 Å². The van der Waals surface area contributed by atoms with Crippen LogP contribution in [-0.4, -0.2) is 11.7 Å². The molecule has 0 fully saturated rings. The molecule has 0 amide bonds. The molecule has 2 rings (SSSR count). The molecule has 5 heteroatoms. The summed E-state index contributed by atoms with van der Waals surface area (Å²) in [4.78, 5) is 1.07. The quantitative estimate of drug-likeness (QED) is 0.887. The largest absolute Gasteiger partial charge is 0.394 e. The van der Waals surface area contributed by atoms with Crippen molar-refractivity contribution in [1.82, 2.24) is 5.32 Å². The van der Waals surface area contributed by atoms with E-state index in [1.165, 1.54) is 6.92 Å². The summed E-state index contributed by atoms with van der Waals surface area (Å²) in [7, 11) is 0. The third-order valence-corrected chi connectivity index (χ3v) is 4.27. The molecule has 0 aliphatic rings. The second kappa shape index (κ2) is 5.99. The Hall–Kier alpha value is -1.30. The first-order valence-electron chi connectivity index (χ1n) is 6.30. The first-order chi connectivity index (χ1) is 9.46. The lowest BCUT2D eigenvalue weighted by Gasteiger charge is -2.30. The minimum atomic E-state index is -1.03. The molecule has 0 bridgehead atoms. The van der Waals surface area contributed by atoms with Gasteiger partial charge in [0.05, 0.1) is 12.1 Å². The number of halogens is 2. The number of hydrogen-bond donors (Lipinski definition) is 2. The molecule has 0 aliphatic heterocycles. The molecule has 0 saturated carbocycles. The van der Waals surface area contributed by atoms with Gasteiger partial charge in [-0.3, -0.25) is 0 Å². The van der Waals surface area contributed by atoms with Crippen molar-refractivity contribution < 1.29 is 13.9 Å².